The molecule has 1 rings (SSSR count). The Morgan fingerprint density at radius 2 is 2.46 bits per heavy atom. The average Bonchev–Trinajstić information content (AvgIpc) is 2.89. The Morgan fingerprint density at radius 3 is 2.85 bits per heavy atom. The van der Waals surface area contributed by atoms with Crippen LogP contribution in [0.25, 0.3) is 0 Å². The molecule has 1 N–H and O–H groups in total. The number of carbonyl (C=O) groups is 2. The summed E-state index contributed by atoms with van der Waals surface area (Å²) in [7, 11) is 0. The smallest absolute Gasteiger partial charge is 0.320 e. The van der Waals surface area contributed by atoms with Crippen LogP contribution < -0.4 is 0 Å². The maximum absolute atomic E-state index is 11.3. The van der Waals surface area contributed by atoms with Gasteiger partial charge in [-0.3, -0.25) is 4.79 Å². The summed E-state index contributed by atoms with van der Waals surface area (Å²) in [6.07, 6.45) is 2.66. The molecule has 72 valence electrons. The average molecular weight is 184 g/mol. The van der Waals surface area contributed by atoms with Gasteiger partial charge in [-0.25, -0.2) is 0 Å². The molecule has 1 saturated carbocycles. The summed E-state index contributed by atoms with van der Waals surface area (Å²) in [6.45, 7) is 3.23. The zero-order chi connectivity index (χ0) is 9.90. The molecule has 1 fully saturated rings. The molecule has 0 heterocycles. The van der Waals surface area contributed by atoms with Gasteiger partial charge in [-0.1, -0.05) is 6.08 Å². The quantitative estimate of drug-likeness (QED) is 0.281. The molecule has 2 unspecified atom stereocenters. The first-order chi connectivity index (χ1) is 6.21. The lowest BCUT2D eigenvalue weighted by atomic mass is 10.1. The van der Waals surface area contributed by atoms with E-state index in [9.17, 15) is 9.59 Å². The Kier molecular flexibility index (Phi) is 2.83. The lowest BCUT2D eigenvalue weighted by Crippen LogP contribution is -2.23. The first-order valence-electron chi connectivity index (χ1n) is 4.08. The maximum atomic E-state index is 11.3. The summed E-state index contributed by atoms with van der Waals surface area (Å²) in [4.78, 5) is 21.9. The van der Waals surface area contributed by atoms with Gasteiger partial charge in [0.05, 0.1) is 6.61 Å². The number of ether oxygens (including phenoxy) is 1. The summed E-state index contributed by atoms with van der Waals surface area (Å²) in [5.41, 5.74) is -1.00. The molecule has 4 heteroatoms. The van der Waals surface area contributed by atoms with E-state index in [0.717, 1.165) is 0 Å². The van der Waals surface area contributed by atoms with Gasteiger partial charge in [-0.05, 0) is 6.42 Å². The van der Waals surface area contributed by atoms with E-state index >= 15 is 0 Å². The zero-order valence-corrected chi connectivity index (χ0v) is 7.23. The number of carbonyl (C=O) groups excluding carboxylic acids is 2. The Balaban J connectivity index is 2.54. The third-order valence-corrected chi connectivity index (χ3v) is 2.26. The van der Waals surface area contributed by atoms with Crippen LogP contribution in [-0.2, 0) is 14.3 Å². The number of aliphatic hydroxyl groups excluding tert-OH is 1. The second-order valence-electron chi connectivity index (χ2n) is 3.06. The van der Waals surface area contributed by atoms with Crippen molar-refractivity contribution in [1.82, 2.24) is 0 Å². The number of esters is 1. The highest BCUT2D eigenvalue weighted by Crippen LogP contribution is 2.52. The fourth-order valence-corrected chi connectivity index (χ4v) is 1.29. The van der Waals surface area contributed by atoms with Gasteiger partial charge in [0.2, 0.25) is 0 Å². The summed E-state index contributed by atoms with van der Waals surface area (Å²) >= 11 is 0. The van der Waals surface area contributed by atoms with Crippen molar-refractivity contribution in [2.24, 2.45) is 11.3 Å². The van der Waals surface area contributed by atoms with Gasteiger partial charge < -0.3 is 14.6 Å². The molecular weight excluding hydrogens is 172 g/mol. The maximum Gasteiger partial charge on any atom is 0.320 e. The molecule has 0 saturated heterocycles. The van der Waals surface area contributed by atoms with E-state index in [-0.39, 0.29) is 19.1 Å². The SMILES string of the molecule is C=CC1CC1(C=O)C(=O)OCCO. The molecule has 1 aliphatic carbocycles. The summed E-state index contributed by atoms with van der Waals surface area (Å²) < 4.78 is 4.67. The lowest BCUT2D eigenvalue weighted by molar-refractivity contribution is -0.152. The van der Waals surface area contributed by atoms with E-state index in [1.165, 1.54) is 0 Å². The van der Waals surface area contributed by atoms with Crippen LogP contribution in [0.1, 0.15) is 6.42 Å². The fraction of sp³-hybridized carbons (Fsp3) is 0.556. The summed E-state index contributed by atoms with van der Waals surface area (Å²) in [5.74, 6) is -0.655. The van der Waals surface area contributed by atoms with E-state index in [0.29, 0.717) is 12.7 Å². The van der Waals surface area contributed by atoms with Gasteiger partial charge in [-0.2, -0.15) is 0 Å². The molecule has 0 amide bonds. The van der Waals surface area contributed by atoms with Crippen molar-refractivity contribution in [1.29, 1.82) is 0 Å². The molecule has 0 spiro atoms. The zero-order valence-electron chi connectivity index (χ0n) is 7.23. The molecule has 0 aromatic carbocycles. The summed E-state index contributed by atoms with van der Waals surface area (Å²) in [5, 5.41) is 8.41. The number of aldehydes is 1. The number of rotatable bonds is 5. The molecule has 0 aliphatic heterocycles. The van der Waals surface area contributed by atoms with Gasteiger partial charge in [0.15, 0.2) is 0 Å². The Bertz CT molecular complexity index is 236. The second-order valence-corrected chi connectivity index (χ2v) is 3.06. The Hall–Kier alpha value is -1.16. The predicted molar refractivity (Wildman–Crippen MR) is 44.8 cm³/mol. The topological polar surface area (TPSA) is 63.6 Å². The van der Waals surface area contributed by atoms with Crippen LogP contribution >= 0.6 is 0 Å². The van der Waals surface area contributed by atoms with Crippen molar-refractivity contribution < 1.29 is 19.4 Å². The molecule has 0 aromatic rings. The van der Waals surface area contributed by atoms with Crippen LogP contribution in [0.3, 0.4) is 0 Å². The highest BCUT2D eigenvalue weighted by Gasteiger charge is 2.60. The summed E-state index contributed by atoms with van der Waals surface area (Å²) in [6, 6.07) is 0. The van der Waals surface area contributed by atoms with Crippen LogP contribution in [0.2, 0.25) is 0 Å². The predicted octanol–water partition coefficient (Wildman–Crippen LogP) is -0.0869. The van der Waals surface area contributed by atoms with Crippen molar-refractivity contribution in [3.8, 4) is 0 Å². The van der Waals surface area contributed by atoms with Crippen LogP contribution in [0.15, 0.2) is 12.7 Å². The van der Waals surface area contributed by atoms with E-state index in [4.69, 9.17) is 5.11 Å². The molecule has 0 bridgehead atoms. The molecule has 0 radical (unpaired) electrons. The van der Waals surface area contributed by atoms with E-state index in [1.807, 2.05) is 0 Å². The van der Waals surface area contributed by atoms with Gasteiger partial charge in [0.25, 0.3) is 0 Å². The third kappa shape index (κ3) is 1.62. The monoisotopic (exact) mass is 184 g/mol. The first-order valence-corrected chi connectivity index (χ1v) is 4.08. The lowest BCUT2D eigenvalue weighted by Gasteiger charge is -2.07. The number of aliphatic hydroxyl groups is 1. The normalized spacial score (nSPS) is 30.7. The highest BCUT2D eigenvalue weighted by molar-refractivity contribution is 5.97. The highest BCUT2D eigenvalue weighted by atomic mass is 16.5. The van der Waals surface area contributed by atoms with Gasteiger partial charge in [0.1, 0.15) is 18.3 Å². The second kappa shape index (κ2) is 3.70. The van der Waals surface area contributed by atoms with E-state index in [1.54, 1.807) is 6.08 Å². The first kappa shape index (κ1) is 9.92. The molecule has 0 aromatic heterocycles. The van der Waals surface area contributed by atoms with E-state index < -0.39 is 11.4 Å². The van der Waals surface area contributed by atoms with Gasteiger partial charge >= 0.3 is 5.97 Å². The Labute approximate surface area is 76.2 Å². The van der Waals surface area contributed by atoms with Crippen LogP contribution in [0.4, 0.5) is 0 Å². The molecule has 13 heavy (non-hydrogen) atoms. The van der Waals surface area contributed by atoms with Crippen LogP contribution in [0, 0.1) is 11.3 Å². The number of hydrogen-bond acceptors (Lipinski definition) is 4. The van der Waals surface area contributed by atoms with Crippen LogP contribution in [0.5, 0.6) is 0 Å². The Morgan fingerprint density at radius 1 is 1.77 bits per heavy atom. The van der Waals surface area contributed by atoms with Crippen molar-refractivity contribution >= 4 is 12.3 Å². The minimum absolute atomic E-state index is 0.0573. The van der Waals surface area contributed by atoms with Crippen molar-refractivity contribution in [3.63, 3.8) is 0 Å². The van der Waals surface area contributed by atoms with Crippen molar-refractivity contribution in [2.45, 2.75) is 6.42 Å². The standard InChI is InChI=1S/C9H12O4/c1-2-7-5-9(7,6-11)8(12)13-4-3-10/h2,6-7,10H,1,3-5H2. The molecule has 1 aliphatic rings. The largest absolute Gasteiger partial charge is 0.462 e. The minimum atomic E-state index is -1.00. The molecule has 4 nitrogen and oxygen atoms in total. The molecule has 2 atom stereocenters. The van der Waals surface area contributed by atoms with Crippen molar-refractivity contribution in [3.05, 3.63) is 12.7 Å². The van der Waals surface area contributed by atoms with Gasteiger partial charge in [-0.15, -0.1) is 6.58 Å². The third-order valence-electron chi connectivity index (χ3n) is 2.26. The minimum Gasteiger partial charge on any atom is -0.462 e. The van der Waals surface area contributed by atoms with E-state index in [2.05, 4.69) is 11.3 Å². The number of hydrogen-bond donors (Lipinski definition) is 1. The van der Waals surface area contributed by atoms with Crippen molar-refractivity contribution in [2.75, 3.05) is 13.2 Å². The fourth-order valence-electron chi connectivity index (χ4n) is 1.29. The van der Waals surface area contributed by atoms with Gasteiger partial charge in [0, 0.05) is 5.92 Å². The molecular formula is C9H12O4. The number of allylic oxidation sites excluding steroid dienone is 1. The van der Waals surface area contributed by atoms with Crippen LogP contribution in [-0.4, -0.2) is 30.6 Å².